The number of aryl methyl sites for hydroxylation is 1. The van der Waals surface area contributed by atoms with Crippen molar-refractivity contribution in [1.82, 2.24) is 19.4 Å². The molecule has 0 unspecified atom stereocenters. The van der Waals surface area contributed by atoms with Crippen LogP contribution >= 0.6 is 11.3 Å². The topological polar surface area (TPSA) is 77.3 Å². The van der Waals surface area contributed by atoms with Gasteiger partial charge in [-0.05, 0) is 19.8 Å². The summed E-state index contributed by atoms with van der Waals surface area (Å²) in [5.41, 5.74) is 0.741. The maximum atomic E-state index is 12.6. The molecule has 2 aromatic heterocycles. The van der Waals surface area contributed by atoms with Crippen LogP contribution in [-0.4, -0.2) is 44.5 Å². The summed E-state index contributed by atoms with van der Waals surface area (Å²) in [5, 5.41) is 2.46. The number of thiazole rings is 1. The van der Waals surface area contributed by atoms with Crippen molar-refractivity contribution in [3.8, 4) is 0 Å². The number of ether oxygens (including phenoxy) is 1. The second-order valence-corrected chi connectivity index (χ2v) is 6.26. The molecule has 0 spiro atoms. The lowest BCUT2D eigenvalue weighted by Gasteiger charge is -2.22. The van der Waals surface area contributed by atoms with E-state index in [9.17, 15) is 9.59 Å². The van der Waals surface area contributed by atoms with Crippen LogP contribution in [0.3, 0.4) is 0 Å². The zero-order chi connectivity index (χ0) is 16.4. The van der Waals surface area contributed by atoms with Crippen molar-refractivity contribution in [2.24, 2.45) is 7.05 Å². The Labute approximate surface area is 137 Å². The molecule has 0 aliphatic carbocycles. The van der Waals surface area contributed by atoms with E-state index in [0.29, 0.717) is 24.5 Å². The average Bonchev–Trinajstić information content (AvgIpc) is 3.26. The van der Waals surface area contributed by atoms with Gasteiger partial charge in [0, 0.05) is 25.2 Å². The van der Waals surface area contributed by atoms with E-state index in [-0.39, 0.29) is 11.9 Å². The summed E-state index contributed by atoms with van der Waals surface area (Å²) in [5.74, 6) is -0.517. The van der Waals surface area contributed by atoms with Gasteiger partial charge in [0.25, 0.3) is 5.91 Å². The Morgan fingerprint density at radius 2 is 2.26 bits per heavy atom. The van der Waals surface area contributed by atoms with E-state index in [0.717, 1.165) is 17.8 Å². The molecule has 0 N–H and O–H groups in total. The zero-order valence-corrected chi connectivity index (χ0v) is 13.9. The summed E-state index contributed by atoms with van der Waals surface area (Å²) in [6, 6.07) is -0.0994. The van der Waals surface area contributed by atoms with Crippen LogP contribution in [0.1, 0.15) is 51.8 Å². The largest absolute Gasteiger partial charge is 0.461 e. The van der Waals surface area contributed by atoms with Crippen molar-refractivity contribution in [2.75, 3.05) is 13.2 Å². The van der Waals surface area contributed by atoms with Gasteiger partial charge in [-0.15, -0.1) is 11.3 Å². The third-order valence-corrected chi connectivity index (χ3v) is 4.68. The molecule has 23 heavy (non-hydrogen) atoms. The van der Waals surface area contributed by atoms with E-state index < -0.39 is 5.97 Å². The van der Waals surface area contributed by atoms with Crippen molar-refractivity contribution in [3.63, 3.8) is 0 Å². The lowest BCUT2D eigenvalue weighted by molar-refractivity contribution is 0.0520. The molecule has 8 heteroatoms. The highest BCUT2D eigenvalue weighted by atomic mass is 32.1. The Morgan fingerprint density at radius 1 is 1.43 bits per heavy atom. The van der Waals surface area contributed by atoms with Crippen LogP contribution in [0.2, 0.25) is 0 Å². The van der Waals surface area contributed by atoms with Gasteiger partial charge < -0.3 is 14.2 Å². The molecule has 1 amide bonds. The van der Waals surface area contributed by atoms with Gasteiger partial charge in [0.1, 0.15) is 10.7 Å². The van der Waals surface area contributed by atoms with Crippen LogP contribution in [0, 0.1) is 0 Å². The van der Waals surface area contributed by atoms with E-state index in [1.54, 1.807) is 34.3 Å². The number of nitrogens with zero attached hydrogens (tertiary/aromatic N) is 4. The SMILES string of the molecule is CCOC(=O)c1csc([C@@H]2CCCN2C(=O)c2cn(C)cn2)n1. The smallest absolute Gasteiger partial charge is 0.357 e. The zero-order valence-electron chi connectivity index (χ0n) is 13.1. The Kier molecular flexibility index (Phi) is 4.42. The highest BCUT2D eigenvalue weighted by molar-refractivity contribution is 7.09. The first kappa shape index (κ1) is 15.7. The number of likely N-dealkylation sites (tertiary alicyclic amines) is 1. The molecule has 0 bridgehead atoms. The minimum absolute atomic E-state index is 0.0963. The molecular weight excluding hydrogens is 316 g/mol. The fraction of sp³-hybridized carbons (Fsp3) is 0.467. The first-order valence-electron chi connectivity index (χ1n) is 7.51. The molecule has 0 radical (unpaired) electrons. The molecule has 3 heterocycles. The maximum Gasteiger partial charge on any atom is 0.357 e. The molecule has 7 nitrogen and oxygen atoms in total. The van der Waals surface area contributed by atoms with Crippen LogP contribution < -0.4 is 0 Å². The first-order valence-corrected chi connectivity index (χ1v) is 8.39. The monoisotopic (exact) mass is 334 g/mol. The van der Waals surface area contributed by atoms with E-state index in [4.69, 9.17) is 4.74 Å². The number of aromatic nitrogens is 3. The van der Waals surface area contributed by atoms with Gasteiger partial charge in [-0.25, -0.2) is 14.8 Å². The van der Waals surface area contributed by atoms with E-state index in [1.165, 1.54) is 11.3 Å². The molecule has 122 valence electrons. The van der Waals surface area contributed by atoms with Gasteiger partial charge in [0.05, 0.1) is 19.0 Å². The highest BCUT2D eigenvalue weighted by Gasteiger charge is 2.33. The third-order valence-electron chi connectivity index (χ3n) is 3.73. The molecule has 3 rings (SSSR count). The summed E-state index contributed by atoms with van der Waals surface area (Å²) in [4.78, 5) is 34.6. The normalized spacial score (nSPS) is 17.5. The predicted molar refractivity (Wildman–Crippen MR) is 84.3 cm³/mol. The quantitative estimate of drug-likeness (QED) is 0.800. The van der Waals surface area contributed by atoms with Crippen molar-refractivity contribution >= 4 is 23.2 Å². The molecule has 0 aromatic carbocycles. The van der Waals surface area contributed by atoms with Crippen LogP contribution in [0.15, 0.2) is 17.9 Å². The van der Waals surface area contributed by atoms with Gasteiger partial charge in [-0.3, -0.25) is 4.79 Å². The van der Waals surface area contributed by atoms with Gasteiger partial charge in [0.15, 0.2) is 5.69 Å². The summed E-state index contributed by atoms with van der Waals surface area (Å²) < 4.78 is 6.71. The van der Waals surface area contributed by atoms with Gasteiger partial charge >= 0.3 is 5.97 Å². The number of carbonyl (C=O) groups excluding carboxylic acids is 2. The molecule has 1 atom stereocenters. The summed E-state index contributed by atoms with van der Waals surface area (Å²) in [6.45, 7) is 2.75. The van der Waals surface area contributed by atoms with Gasteiger partial charge in [0.2, 0.25) is 0 Å². The maximum absolute atomic E-state index is 12.6. The van der Waals surface area contributed by atoms with Crippen molar-refractivity contribution in [3.05, 3.63) is 34.3 Å². The number of rotatable bonds is 4. The lowest BCUT2D eigenvalue weighted by Crippen LogP contribution is -2.30. The molecular formula is C15H18N4O3S. The number of hydrogen-bond acceptors (Lipinski definition) is 6. The Hall–Kier alpha value is -2.22. The Balaban J connectivity index is 1.79. The molecule has 1 fully saturated rings. The minimum Gasteiger partial charge on any atom is -0.461 e. The third kappa shape index (κ3) is 3.12. The van der Waals surface area contributed by atoms with E-state index in [1.807, 2.05) is 7.05 Å². The van der Waals surface area contributed by atoms with E-state index in [2.05, 4.69) is 9.97 Å². The van der Waals surface area contributed by atoms with Crippen LogP contribution in [0.25, 0.3) is 0 Å². The molecule has 0 saturated carbocycles. The number of esters is 1. The first-order chi connectivity index (χ1) is 11.1. The number of carbonyl (C=O) groups is 2. The molecule has 2 aromatic rings. The average molecular weight is 334 g/mol. The predicted octanol–water partition coefficient (Wildman–Crippen LogP) is 2.03. The van der Waals surface area contributed by atoms with Gasteiger partial charge in [-0.1, -0.05) is 0 Å². The van der Waals surface area contributed by atoms with Crippen LogP contribution in [-0.2, 0) is 11.8 Å². The summed E-state index contributed by atoms with van der Waals surface area (Å²) in [6.07, 6.45) is 5.08. The second-order valence-electron chi connectivity index (χ2n) is 5.37. The fourth-order valence-corrected chi connectivity index (χ4v) is 3.61. The summed E-state index contributed by atoms with van der Waals surface area (Å²) >= 11 is 1.39. The number of hydrogen-bond donors (Lipinski definition) is 0. The molecule has 1 saturated heterocycles. The fourth-order valence-electron chi connectivity index (χ4n) is 2.68. The van der Waals surface area contributed by atoms with Crippen molar-refractivity contribution in [1.29, 1.82) is 0 Å². The number of amides is 1. The molecule has 1 aliphatic heterocycles. The van der Waals surface area contributed by atoms with Gasteiger partial charge in [-0.2, -0.15) is 0 Å². The van der Waals surface area contributed by atoms with Crippen molar-refractivity contribution < 1.29 is 14.3 Å². The number of imidazole rings is 1. The van der Waals surface area contributed by atoms with Crippen molar-refractivity contribution in [2.45, 2.75) is 25.8 Å². The van der Waals surface area contributed by atoms with Crippen LogP contribution in [0.5, 0.6) is 0 Å². The van der Waals surface area contributed by atoms with E-state index >= 15 is 0 Å². The Bertz CT molecular complexity index is 724. The highest BCUT2D eigenvalue weighted by Crippen LogP contribution is 2.34. The standard InChI is InChI=1S/C15H18N4O3S/c1-3-22-15(21)11-8-23-13(17-11)12-5-4-6-19(12)14(20)10-7-18(2)9-16-10/h7-9,12H,3-6H2,1-2H3/t12-/m0/s1. The minimum atomic E-state index is -0.421. The van der Waals surface area contributed by atoms with Crippen LogP contribution in [0.4, 0.5) is 0 Å². The second kappa shape index (κ2) is 6.49. The lowest BCUT2D eigenvalue weighted by atomic mass is 10.2. The molecule has 1 aliphatic rings. The summed E-state index contributed by atoms with van der Waals surface area (Å²) in [7, 11) is 1.83. The Morgan fingerprint density at radius 3 is 2.96 bits per heavy atom.